The molecule has 1 aromatic rings. The predicted molar refractivity (Wildman–Crippen MR) is 124 cm³/mol. The van der Waals surface area contributed by atoms with Gasteiger partial charge in [-0.3, -0.25) is 19.2 Å². The molecular formula is C19H32N8O6S. The van der Waals surface area contributed by atoms with E-state index in [1.165, 1.54) is 12.5 Å². The van der Waals surface area contributed by atoms with Gasteiger partial charge in [0, 0.05) is 24.1 Å². The third-order valence-electron chi connectivity index (χ3n) is 4.75. The number of primary amides is 1. The molecule has 0 aliphatic rings. The summed E-state index contributed by atoms with van der Waals surface area (Å²) in [7, 11) is 0. The Labute approximate surface area is 201 Å². The van der Waals surface area contributed by atoms with Crippen LogP contribution >= 0.6 is 12.6 Å². The van der Waals surface area contributed by atoms with Gasteiger partial charge in [-0.1, -0.05) is 0 Å². The Kier molecular flexibility index (Phi) is 12.6. The van der Waals surface area contributed by atoms with Crippen LogP contribution in [0.4, 0.5) is 0 Å². The molecule has 0 fully saturated rings. The third kappa shape index (κ3) is 10.2. The fraction of sp³-hybridized carbons (Fsp3) is 0.579. The number of rotatable bonds is 16. The highest BCUT2D eigenvalue weighted by atomic mass is 32.1. The molecule has 0 spiro atoms. The lowest BCUT2D eigenvalue weighted by Gasteiger charge is -2.25. The monoisotopic (exact) mass is 500 g/mol. The lowest BCUT2D eigenvalue weighted by molar-refractivity contribution is -0.143. The smallest absolute Gasteiger partial charge is 0.326 e. The first-order valence-electron chi connectivity index (χ1n) is 10.5. The van der Waals surface area contributed by atoms with Crippen molar-refractivity contribution in [1.82, 2.24) is 25.9 Å². The van der Waals surface area contributed by atoms with Crippen LogP contribution in [0.15, 0.2) is 12.5 Å². The third-order valence-corrected chi connectivity index (χ3v) is 5.14. The molecule has 0 saturated carbocycles. The maximum atomic E-state index is 13.0. The van der Waals surface area contributed by atoms with Gasteiger partial charge in [0.25, 0.3) is 0 Å². The number of carbonyl (C=O) groups is 5. The predicted octanol–water partition coefficient (Wildman–Crippen LogP) is -3.25. The van der Waals surface area contributed by atoms with Crippen molar-refractivity contribution in [2.24, 2.45) is 17.2 Å². The van der Waals surface area contributed by atoms with Gasteiger partial charge >= 0.3 is 5.97 Å². The summed E-state index contributed by atoms with van der Waals surface area (Å²) >= 11 is 3.97. The van der Waals surface area contributed by atoms with E-state index >= 15 is 0 Å². The number of aromatic nitrogens is 2. The molecule has 11 N–H and O–H groups in total. The Bertz CT molecular complexity index is 837. The Morgan fingerprint density at radius 3 is 2.18 bits per heavy atom. The normalized spacial score (nSPS) is 14.3. The molecule has 15 heteroatoms. The zero-order valence-electron chi connectivity index (χ0n) is 18.5. The summed E-state index contributed by atoms with van der Waals surface area (Å²) in [4.78, 5) is 67.3. The lowest BCUT2D eigenvalue weighted by Crippen LogP contribution is -2.58. The van der Waals surface area contributed by atoms with E-state index in [9.17, 15) is 29.1 Å². The number of nitrogens with zero attached hydrogens (tertiary/aromatic N) is 1. The summed E-state index contributed by atoms with van der Waals surface area (Å²) < 4.78 is 0. The number of carboxylic acid groups (broad SMARTS) is 1. The molecule has 1 aromatic heterocycles. The number of imidazole rings is 1. The number of aromatic amines is 1. The van der Waals surface area contributed by atoms with Crippen molar-refractivity contribution < 1.29 is 29.1 Å². The number of aliphatic carboxylic acids is 1. The van der Waals surface area contributed by atoms with E-state index in [-0.39, 0.29) is 18.6 Å². The topological polar surface area (TPSA) is 248 Å². The molecule has 14 nitrogen and oxygen atoms in total. The Morgan fingerprint density at radius 2 is 1.65 bits per heavy atom. The van der Waals surface area contributed by atoms with Gasteiger partial charge in [0.15, 0.2) is 0 Å². The van der Waals surface area contributed by atoms with Crippen LogP contribution in [0.1, 0.15) is 31.4 Å². The molecule has 4 unspecified atom stereocenters. The maximum Gasteiger partial charge on any atom is 0.326 e. The minimum atomic E-state index is -1.58. The van der Waals surface area contributed by atoms with Gasteiger partial charge < -0.3 is 43.2 Å². The summed E-state index contributed by atoms with van der Waals surface area (Å²) in [5, 5.41) is 16.5. The molecule has 0 aromatic carbocycles. The first kappa shape index (κ1) is 28.9. The number of hydrogen-bond acceptors (Lipinski definition) is 9. The van der Waals surface area contributed by atoms with E-state index in [1.807, 2.05) is 0 Å². The number of H-pyrrole nitrogens is 1. The Morgan fingerprint density at radius 1 is 1.03 bits per heavy atom. The van der Waals surface area contributed by atoms with Gasteiger partial charge in [-0.05, 0) is 25.8 Å². The van der Waals surface area contributed by atoms with Crippen molar-refractivity contribution in [3.8, 4) is 0 Å². The average Bonchev–Trinajstić information content (AvgIpc) is 3.29. The fourth-order valence-electron chi connectivity index (χ4n) is 2.89. The summed E-state index contributed by atoms with van der Waals surface area (Å²) in [5.41, 5.74) is 16.7. The number of nitrogens with two attached hydrogens (primary N) is 3. The molecule has 190 valence electrons. The molecule has 0 bridgehead atoms. The van der Waals surface area contributed by atoms with Gasteiger partial charge in [0.05, 0.1) is 18.8 Å². The summed E-state index contributed by atoms with van der Waals surface area (Å²) in [6.07, 6.45) is 3.44. The van der Waals surface area contributed by atoms with Crippen LogP contribution in [0.25, 0.3) is 0 Å². The van der Waals surface area contributed by atoms with E-state index in [4.69, 9.17) is 17.2 Å². The highest BCUT2D eigenvalue weighted by Crippen LogP contribution is 2.06. The number of nitrogens with one attached hydrogen (secondary N) is 4. The largest absolute Gasteiger partial charge is 0.480 e. The van der Waals surface area contributed by atoms with E-state index in [0.29, 0.717) is 25.1 Å². The van der Waals surface area contributed by atoms with Crippen LogP contribution in [-0.4, -0.2) is 81.1 Å². The Balaban J connectivity index is 3.05. The van der Waals surface area contributed by atoms with Crippen LogP contribution < -0.4 is 33.2 Å². The van der Waals surface area contributed by atoms with Crippen molar-refractivity contribution in [2.75, 3.05) is 12.3 Å². The molecular weight excluding hydrogens is 468 g/mol. The highest BCUT2D eigenvalue weighted by Gasteiger charge is 2.31. The van der Waals surface area contributed by atoms with Crippen LogP contribution in [0.3, 0.4) is 0 Å². The molecule has 0 aliphatic carbocycles. The molecule has 34 heavy (non-hydrogen) atoms. The molecule has 0 saturated heterocycles. The second-order valence-corrected chi connectivity index (χ2v) is 7.91. The number of carbonyl (C=O) groups excluding carboxylic acids is 4. The van der Waals surface area contributed by atoms with E-state index < -0.39 is 60.2 Å². The standard InChI is InChI=1S/C19H32N8O6S/c20-4-2-1-3-12(25-16(29)11(21)8-34)17(30)26-13(5-10-7-23-9-24-10)18(31)27-14(19(32)33)6-15(22)28/h7,9,11-14,34H,1-6,8,20-21H2,(H2,22,28)(H,23,24)(H,25,29)(H,26,30)(H,27,31)(H,32,33). The van der Waals surface area contributed by atoms with Crippen molar-refractivity contribution in [2.45, 2.75) is 56.3 Å². The molecule has 4 amide bonds. The zero-order valence-corrected chi connectivity index (χ0v) is 19.4. The second kappa shape index (κ2) is 14.9. The summed E-state index contributed by atoms with van der Waals surface area (Å²) in [5.74, 6) is -4.47. The molecule has 4 atom stereocenters. The lowest BCUT2D eigenvalue weighted by atomic mass is 10.1. The number of carboxylic acids is 1. The molecule has 1 heterocycles. The number of amides is 4. The van der Waals surface area contributed by atoms with Gasteiger partial charge in [0.1, 0.15) is 18.1 Å². The zero-order chi connectivity index (χ0) is 25.7. The van der Waals surface area contributed by atoms with Crippen LogP contribution in [0, 0.1) is 0 Å². The van der Waals surface area contributed by atoms with Crippen molar-refractivity contribution >= 4 is 42.2 Å². The number of unbranched alkanes of at least 4 members (excludes halogenated alkanes) is 1. The quantitative estimate of drug-likeness (QED) is 0.0815. The molecule has 0 aliphatic heterocycles. The highest BCUT2D eigenvalue weighted by molar-refractivity contribution is 7.80. The second-order valence-electron chi connectivity index (χ2n) is 7.55. The minimum Gasteiger partial charge on any atom is -0.480 e. The van der Waals surface area contributed by atoms with Crippen molar-refractivity contribution in [3.63, 3.8) is 0 Å². The SMILES string of the molecule is NCCCCC(NC(=O)C(N)CS)C(=O)NC(Cc1cnc[nH]1)C(=O)NC(CC(N)=O)C(=O)O. The molecule has 1 rings (SSSR count). The average molecular weight is 501 g/mol. The summed E-state index contributed by atoms with van der Waals surface area (Å²) in [6, 6.07) is -4.81. The number of thiol groups is 1. The fourth-order valence-corrected chi connectivity index (χ4v) is 3.06. The van der Waals surface area contributed by atoms with Gasteiger partial charge in [-0.15, -0.1) is 0 Å². The first-order chi connectivity index (χ1) is 16.1. The van der Waals surface area contributed by atoms with Crippen LogP contribution in [0.5, 0.6) is 0 Å². The number of hydrogen-bond donors (Lipinski definition) is 9. The maximum absolute atomic E-state index is 13.0. The van der Waals surface area contributed by atoms with Gasteiger partial charge in [0.2, 0.25) is 23.6 Å². The van der Waals surface area contributed by atoms with E-state index in [1.54, 1.807) is 0 Å². The van der Waals surface area contributed by atoms with E-state index in [2.05, 4.69) is 38.5 Å². The Hall–Kier alpha value is -3.17. The van der Waals surface area contributed by atoms with Crippen molar-refractivity contribution in [1.29, 1.82) is 0 Å². The van der Waals surface area contributed by atoms with Gasteiger partial charge in [-0.25, -0.2) is 9.78 Å². The summed E-state index contributed by atoms with van der Waals surface area (Å²) in [6.45, 7) is 0.389. The van der Waals surface area contributed by atoms with Gasteiger partial charge in [-0.2, -0.15) is 12.6 Å². The minimum absolute atomic E-state index is 0.0598. The van der Waals surface area contributed by atoms with Crippen LogP contribution in [0.2, 0.25) is 0 Å². The van der Waals surface area contributed by atoms with Crippen molar-refractivity contribution in [3.05, 3.63) is 18.2 Å². The first-order valence-corrected chi connectivity index (χ1v) is 11.2. The molecule has 0 radical (unpaired) electrons. The van der Waals surface area contributed by atoms with Crippen LogP contribution in [-0.2, 0) is 30.4 Å². The van der Waals surface area contributed by atoms with E-state index in [0.717, 1.165) is 0 Å².